The van der Waals surface area contributed by atoms with Crippen LogP contribution in [0.1, 0.15) is 21.6 Å². The summed E-state index contributed by atoms with van der Waals surface area (Å²) in [6, 6.07) is 13.9. The molecule has 9 nitrogen and oxygen atoms in total. The van der Waals surface area contributed by atoms with E-state index in [1.807, 2.05) is 24.3 Å². The number of fused-ring (bicyclic) bond motifs is 2. The lowest BCUT2D eigenvalue weighted by Crippen LogP contribution is -2.46. The molecule has 12 heteroatoms. The number of nitrogen functional groups attached to an aromatic ring is 1. The third-order valence-electron chi connectivity index (χ3n) is 7.07. The molecule has 0 unspecified atom stereocenters. The van der Waals surface area contributed by atoms with E-state index in [1.165, 1.54) is 16.4 Å². The summed E-state index contributed by atoms with van der Waals surface area (Å²) in [5, 5.41) is 3.39. The summed E-state index contributed by atoms with van der Waals surface area (Å²) in [5.41, 5.74) is 8.62. The van der Waals surface area contributed by atoms with Crippen LogP contribution in [-0.4, -0.2) is 59.7 Å². The molecule has 1 saturated heterocycles. The lowest BCUT2D eigenvalue weighted by atomic mass is 10.0. The summed E-state index contributed by atoms with van der Waals surface area (Å²) in [6.45, 7) is 2.08. The van der Waals surface area contributed by atoms with Gasteiger partial charge >= 0.3 is 0 Å². The molecule has 1 amide bonds. The minimum atomic E-state index is -4.15. The van der Waals surface area contributed by atoms with Crippen LogP contribution in [0.15, 0.2) is 59.5 Å². The first-order valence-electron chi connectivity index (χ1n) is 12.4. The van der Waals surface area contributed by atoms with Crippen molar-refractivity contribution in [1.29, 1.82) is 0 Å². The number of piperazine rings is 1. The summed E-state index contributed by atoms with van der Waals surface area (Å²) in [6.07, 6.45) is 0. The Bertz CT molecular complexity index is 1720. The maximum Gasteiger partial charge on any atom is 0.273 e. The number of nitrogens with two attached hydrogens (primary N) is 1. The zero-order valence-electron chi connectivity index (χ0n) is 20.7. The van der Waals surface area contributed by atoms with E-state index in [1.54, 1.807) is 11.0 Å². The number of benzene rings is 3. The molecule has 2 aliphatic heterocycles. The number of halogens is 2. The first-order chi connectivity index (χ1) is 18.7. The minimum Gasteiger partial charge on any atom is -0.368 e. The third-order valence-corrected chi connectivity index (χ3v) is 9.01. The maximum absolute atomic E-state index is 14.5. The van der Waals surface area contributed by atoms with Gasteiger partial charge < -0.3 is 16.0 Å². The Labute approximate surface area is 223 Å². The fourth-order valence-corrected chi connectivity index (χ4v) is 6.74. The van der Waals surface area contributed by atoms with Gasteiger partial charge in [-0.05, 0) is 41.0 Å². The van der Waals surface area contributed by atoms with Gasteiger partial charge in [0.1, 0.15) is 5.69 Å². The van der Waals surface area contributed by atoms with Gasteiger partial charge in [0.2, 0.25) is 16.0 Å². The molecule has 1 fully saturated rings. The Morgan fingerprint density at radius 2 is 1.59 bits per heavy atom. The summed E-state index contributed by atoms with van der Waals surface area (Å²) in [4.78, 5) is 23.4. The van der Waals surface area contributed by atoms with Gasteiger partial charge in [-0.3, -0.25) is 4.79 Å². The van der Waals surface area contributed by atoms with E-state index >= 15 is 0 Å². The van der Waals surface area contributed by atoms with Crippen LogP contribution in [0.5, 0.6) is 0 Å². The average Bonchev–Trinajstić information content (AvgIpc) is 3.38. The van der Waals surface area contributed by atoms with E-state index in [2.05, 4.69) is 15.3 Å². The number of hydrogen-bond donors (Lipinski definition) is 2. The number of carbonyl (C=O) groups excluding carboxylic acids is 1. The average molecular weight is 551 g/mol. The molecular formula is C27H24F2N6O3S. The molecule has 0 aliphatic carbocycles. The maximum atomic E-state index is 14.5. The Kier molecular flexibility index (Phi) is 6.25. The molecule has 200 valence electrons. The molecule has 3 N–H and O–H groups in total. The summed E-state index contributed by atoms with van der Waals surface area (Å²) < 4.78 is 57.1. The number of nitrogens with zero attached hydrogens (tertiary/aromatic N) is 4. The van der Waals surface area contributed by atoms with Crippen LogP contribution in [0.4, 0.5) is 14.7 Å². The molecule has 39 heavy (non-hydrogen) atoms. The normalized spacial score (nSPS) is 16.0. The quantitative estimate of drug-likeness (QED) is 0.401. The summed E-state index contributed by atoms with van der Waals surface area (Å²) in [7, 11) is -4.15. The standard InChI is InChI=1S/C27H24F2N6O3S/c28-21-12-19(24(13-22(21)29)39(37,38)35-9-7-31-8-10-35)16-5-6-23-20(11-16)25(33-27(30)32-23)26(36)34-14-17-3-1-2-4-18(17)15-34/h1-6,11-13,31H,7-10,14-15H2,(H2,30,32,33). The second kappa shape index (κ2) is 9.63. The van der Waals surface area contributed by atoms with Crippen LogP contribution < -0.4 is 11.1 Å². The topological polar surface area (TPSA) is 122 Å². The highest BCUT2D eigenvalue weighted by atomic mass is 32.2. The number of hydrogen-bond acceptors (Lipinski definition) is 7. The molecule has 3 heterocycles. The number of rotatable bonds is 4. The third kappa shape index (κ3) is 4.50. The first kappa shape index (κ1) is 25.3. The van der Waals surface area contributed by atoms with E-state index in [-0.39, 0.29) is 46.7 Å². The van der Waals surface area contributed by atoms with E-state index in [9.17, 15) is 22.0 Å². The Morgan fingerprint density at radius 3 is 2.28 bits per heavy atom. The second-order valence-corrected chi connectivity index (χ2v) is 11.4. The second-order valence-electron chi connectivity index (χ2n) is 9.51. The number of carbonyl (C=O) groups is 1. The Morgan fingerprint density at radius 1 is 0.923 bits per heavy atom. The monoisotopic (exact) mass is 550 g/mol. The highest BCUT2D eigenvalue weighted by molar-refractivity contribution is 7.89. The van der Waals surface area contributed by atoms with Crippen LogP contribution in [-0.2, 0) is 23.1 Å². The fraction of sp³-hybridized carbons (Fsp3) is 0.222. The zero-order valence-corrected chi connectivity index (χ0v) is 21.5. The van der Waals surface area contributed by atoms with Gasteiger partial charge in [-0.25, -0.2) is 27.2 Å². The molecule has 0 bridgehead atoms. The fourth-order valence-electron chi connectivity index (χ4n) is 5.09. The number of anilines is 1. The van der Waals surface area contributed by atoms with Crippen molar-refractivity contribution in [1.82, 2.24) is 24.5 Å². The number of nitrogens with one attached hydrogen (secondary N) is 1. The molecule has 1 aromatic heterocycles. The molecule has 0 spiro atoms. The lowest BCUT2D eigenvalue weighted by Gasteiger charge is -2.27. The van der Waals surface area contributed by atoms with Crippen molar-refractivity contribution in [3.05, 3.63) is 83.1 Å². The van der Waals surface area contributed by atoms with Crippen LogP contribution in [0, 0.1) is 11.6 Å². The van der Waals surface area contributed by atoms with Crippen molar-refractivity contribution >= 4 is 32.8 Å². The predicted octanol–water partition coefficient (Wildman–Crippen LogP) is 2.91. The minimum absolute atomic E-state index is 0.0295. The van der Waals surface area contributed by atoms with Crippen molar-refractivity contribution in [3.63, 3.8) is 0 Å². The smallest absolute Gasteiger partial charge is 0.273 e. The van der Waals surface area contributed by atoms with Crippen LogP contribution in [0.2, 0.25) is 0 Å². The van der Waals surface area contributed by atoms with Crippen LogP contribution in [0.3, 0.4) is 0 Å². The number of sulfonamides is 1. The van der Waals surface area contributed by atoms with Gasteiger partial charge in [0.15, 0.2) is 11.6 Å². The van der Waals surface area contributed by atoms with Gasteiger partial charge in [0, 0.05) is 50.2 Å². The highest BCUT2D eigenvalue weighted by Crippen LogP contribution is 2.34. The molecule has 0 saturated carbocycles. The molecule has 3 aromatic carbocycles. The molecule has 4 aromatic rings. The Balaban J connectivity index is 1.47. The molecule has 0 atom stereocenters. The van der Waals surface area contributed by atoms with E-state index in [4.69, 9.17) is 5.73 Å². The van der Waals surface area contributed by atoms with Crippen molar-refractivity contribution in [2.24, 2.45) is 0 Å². The van der Waals surface area contributed by atoms with E-state index in [0.29, 0.717) is 43.1 Å². The van der Waals surface area contributed by atoms with Crippen molar-refractivity contribution < 1.29 is 22.0 Å². The molecule has 6 rings (SSSR count). The largest absolute Gasteiger partial charge is 0.368 e. The molecule has 2 aliphatic rings. The van der Waals surface area contributed by atoms with Crippen LogP contribution in [0.25, 0.3) is 22.0 Å². The zero-order chi connectivity index (χ0) is 27.3. The van der Waals surface area contributed by atoms with E-state index < -0.39 is 21.7 Å². The Hall–Kier alpha value is -4.00. The SMILES string of the molecule is Nc1nc(C(=O)N2Cc3ccccc3C2)c2cc(-c3cc(F)c(F)cc3S(=O)(=O)N3CCNCC3)ccc2n1. The van der Waals surface area contributed by atoms with Crippen molar-refractivity contribution in [3.8, 4) is 11.1 Å². The van der Waals surface area contributed by atoms with E-state index in [0.717, 1.165) is 17.2 Å². The van der Waals surface area contributed by atoms with Gasteiger partial charge in [-0.1, -0.05) is 30.3 Å². The highest BCUT2D eigenvalue weighted by Gasteiger charge is 2.31. The number of amides is 1. The van der Waals surface area contributed by atoms with Gasteiger partial charge in [0.25, 0.3) is 5.91 Å². The lowest BCUT2D eigenvalue weighted by molar-refractivity contribution is 0.0747. The molecule has 0 radical (unpaired) electrons. The predicted molar refractivity (Wildman–Crippen MR) is 141 cm³/mol. The van der Waals surface area contributed by atoms with Crippen molar-refractivity contribution in [2.45, 2.75) is 18.0 Å². The summed E-state index contributed by atoms with van der Waals surface area (Å²) >= 11 is 0. The van der Waals surface area contributed by atoms with Gasteiger partial charge in [-0.2, -0.15) is 4.31 Å². The van der Waals surface area contributed by atoms with Gasteiger partial charge in [0.05, 0.1) is 10.4 Å². The number of aromatic nitrogens is 2. The molecular weight excluding hydrogens is 526 g/mol. The first-order valence-corrected chi connectivity index (χ1v) is 13.8. The van der Waals surface area contributed by atoms with Crippen molar-refractivity contribution in [2.75, 3.05) is 31.9 Å². The summed E-state index contributed by atoms with van der Waals surface area (Å²) in [5.74, 6) is -2.93. The van der Waals surface area contributed by atoms with Gasteiger partial charge in [-0.15, -0.1) is 0 Å². The van der Waals surface area contributed by atoms with Crippen LogP contribution >= 0.6 is 0 Å².